The lowest BCUT2D eigenvalue weighted by Gasteiger charge is -2.02. The van der Waals surface area contributed by atoms with Gasteiger partial charge in [0.1, 0.15) is 6.26 Å². The van der Waals surface area contributed by atoms with Gasteiger partial charge in [-0.25, -0.2) is 0 Å². The minimum atomic E-state index is 0.780. The number of allylic oxidation sites excluding steroid dienone is 3. The minimum absolute atomic E-state index is 0.780. The molecule has 7 heavy (non-hydrogen) atoms. The van der Waals surface area contributed by atoms with Crippen molar-refractivity contribution < 1.29 is 9.78 Å². The zero-order chi connectivity index (χ0) is 5.11. The Balaban J connectivity index is 2.57. The molecule has 1 aliphatic heterocycles. The summed E-state index contributed by atoms with van der Waals surface area (Å²) in [5, 5.41) is 0. The lowest BCUT2D eigenvalue weighted by Crippen LogP contribution is -1.87. The van der Waals surface area contributed by atoms with Gasteiger partial charge in [-0.3, -0.25) is 9.78 Å². The van der Waals surface area contributed by atoms with E-state index in [0.29, 0.717) is 0 Å². The maximum Gasteiger partial charge on any atom is 0.152 e. The summed E-state index contributed by atoms with van der Waals surface area (Å²) < 4.78 is 0. The lowest BCUT2D eigenvalue weighted by atomic mass is 10.5. The van der Waals surface area contributed by atoms with Crippen molar-refractivity contribution in [1.82, 2.24) is 0 Å². The Morgan fingerprint density at radius 3 is 2.71 bits per heavy atom. The van der Waals surface area contributed by atoms with E-state index in [1.807, 2.05) is 13.0 Å². The average molecular weight is 98.1 g/mol. The van der Waals surface area contributed by atoms with Crippen LogP contribution in [0, 0.1) is 0 Å². The van der Waals surface area contributed by atoms with Crippen LogP contribution in [0.2, 0.25) is 0 Å². The molecule has 0 unspecified atom stereocenters. The summed E-state index contributed by atoms with van der Waals surface area (Å²) in [5.74, 6) is 0.780. The fraction of sp³-hybridized carbons (Fsp3) is 0.200. The molecule has 1 heterocycles. The molecule has 0 fully saturated rings. The van der Waals surface area contributed by atoms with E-state index in [1.165, 1.54) is 6.26 Å². The van der Waals surface area contributed by atoms with Crippen molar-refractivity contribution in [2.75, 3.05) is 0 Å². The normalized spacial score (nSPS) is 17.0. The van der Waals surface area contributed by atoms with Crippen LogP contribution in [0.3, 0.4) is 0 Å². The van der Waals surface area contributed by atoms with Crippen molar-refractivity contribution in [2.45, 2.75) is 6.92 Å². The highest BCUT2D eigenvalue weighted by atomic mass is 17.2. The highest BCUT2D eigenvalue weighted by Crippen LogP contribution is 2.01. The maximum atomic E-state index is 4.55. The van der Waals surface area contributed by atoms with Crippen molar-refractivity contribution in [3.05, 3.63) is 24.2 Å². The van der Waals surface area contributed by atoms with Crippen molar-refractivity contribution in [3.63, 3.8) is 0 Å². The smallest absolute Gasteiger partial charge is 0.152 e. The van der Waals surface area contributed by atoms with Crippen LogP contribution < -0.4 is 0 Å². The van der Waals surface area contributed by atoms with E-state index in [2.05, 4.69) is 9.78 Å². The largest absolute Gasteiger partial charge is 0.298 e. The van der Waals surface area contributed by atoms with Crippen LogP contribution in [0.1, 0.15) is 6.92 Å². The first-order chi connectivity index (χ1) is 3.39. The first-order valence-corrected chi connectivity index (χ1v) is 2.06. The summed E-state index contributed by atoms with van der Waals surface area (Å²) >= 11 is 0. The molecule has 38 valence electrons. The maximum absolute atomic E-state index is 4.55. The summed E-state index contributed by atoms with van der Waals surface area (Å²) in [6, 6.07) is 0. The van der Waals surface area contributed by atoms with E-state index < -0.39 is 0 Å². The van der Waals surface area contributed by atoms with Crippen LogP contribution in [0.5, 0.6) is 0 Å². The van der Waals surface area contributed by atoms with Crippen LogP contribution in [0.4, 0.5) is 0 Å². The van der Waals surface area contributed by atoms with Gasteiger partial charge in [0, 0.05) is 0 Å². The van der Waals surface area contributed by atoms with Gasteiger partial charge in [-0.15, -0.1) is 0 Å². The number of rotatable bonds is 0. The molecular formula is C5H6O2. The summed E-state index contributed by atoms with van der Waals surface area (Å²) in [7, 11) is 0. The van der Waals surface area contributed by atoms with E-state index in [-0.39, 0.29) is 0 Å². The van der Waals surface area contributed by atoms with E-state index >= 15 is 0 Å². The van der Waals surface area contributed by atoms with Crippen molar-refractivity contribution in [2.24, 2.45) is 0 Å². The van der Waals surface area contributed by atoms with Gasteiger partial charge < -0.3 is 0 Å². The molecule has 0 saturated carbocycles. The van der Waals surface area contributed by atoms with Crippen LogP contribution in [-0.2, 0) is 9.78 Å². The predicted molar refractivity (Wildman–Crippen MR) is 25.1 cm³/mol. The van der Waals surface area contributed by atoms with Gasteiger partial charge in [0.25, 0.3) is 0 Å². The molecule has 0 atom stereocenters. The second kappa shape index (κ2) is 1.69. The van der Waals surface area contributed by atoms with Gasteiger partial charge in [-0.1, -0.05) is 0 Å². The third kappa shape index (κ3) is 0.961. The molecule has 2 nitrogen and oxygen atoms in total. The zero-order valence-electron chi connectivity index (χ0n) is 4.05. The van der Waals surface area contributed by atoms with E-state index in [1.54, 1.807) is 6.08 Å². The molecule has 0 N–H and O–H groups in total. The van der Waals surface area contributed by atoms with E-state index in [0.717, 1.165) is 5.76 Å². The molecule has 0 spiro atoms. The first-order valence-electron chi connectivity index (χ1n) is 2.06. The zero-order valence-corrected chi connectivity index (χ0v) is 4.05. The second-order valence-electron chi connectivity index (χ2n) is 1.29. The van der Waals surface area contributed by atoms with Gasteiger partial charge in [-0.2, -0.15) is 0 Å². The van der Waals surface area contributed by atoms with Gasteiger partial charge in [0.2, 0.25) is 0 Å². The summed E-state index contributed by atoms with van der Waals surface area (Å²) in [4.78, 5) is 8.98. The average Bonchev–Trinajstić information content (AvgIpc) is 1.69. The third-order valence-electron chi connectivity index (χ3n) is 0.645. The Bertz CT molecular complexity index is 113. The molecule has 0 amide bonds. The van der Waals surface area contributed by atoms with Crippen LogP contribution in [-0.4, -0.2) is 0 Å². The Labute approximate surface area is 42.0 Å². The molecule has 0 saturated heterocycles. The molecule has 0 radical (unpaired) electrons. The van der Waals surface area contributed by atoms with Crippen molar-refractivity contribution in [1.29, 1.82) is 0 Å². The molecule has 0 aliphatic carbocycles. The first kappa shape index (κ1) is 4.24. The Morgan fingerprint density at radius 2 is 2.43 bits per heavy atom. The quantitative estimate of drug-likeness (QED) is 0.426. The number of hydrogen-bond donors (Lipinski definition) is 0. The number of hydrogen-bond acceptors (Lipinski definition) is 2. The molecule has 0 bridgehead atoms. The third-order valence-corrected chi connectivity index (χ3v) is 0.645. The molecule has 0 aromatic carbocycles. The van der Waals surface area contributed by atoms with Gasteiger partial charge >= 0.3 is 0 Å². The predicted octanol–water partition coefficient (Wildman–Crippen LogP) is 1.37. The molecule has 1 aliphatic rings. The second-order valence-corrected chi connectivity index (χ2v) is 1.29. The minimum Gasteiger partial charge on any atom is -0.298 e. The summed E-state index contributed by atoms with van der Waals surface area (Å²) in [5.41, 5.74) is 0. The Kier molecular flexibility index (Phi) is 1.02. The van der Waals surface area contributed by atoms with E-state index in [4.69, 9.17) is 0 Å². The Morgan fingerprint density at radius 1 is 1.57 bits per heavy atom. The van der Waals surface area contributed by atoms with Crippen LogP contribution in [0.25, 0.3) is 0 Å². The van der Waals surface area contributed by atoms with Gasteiger partial charge in [-0.05, 0) is 19.1 Å². The highest BCUT2D eigenvalue weighted by Gasteiger charge is 1.89. The van der Waals surface area contributed by atoms with Gasteiger partial charge in [0.05, 0.1) is 0 Å². The van der Waals surface area contributed by atoms with Crippen LogP contribution >= 0.6 is 0 Å². The molecular weight excluding hydrogens is 92.1 g/mol. The molecule has 0 aromatic heterocycles. The molecule has 0 aromatic rings. The van der Waals surface area contributed by atoms with Crippen LogP contribution in [0.15, 0.2) is 24.2 Å². The fourth-order valence-corrected chi connectivity index (χ4v) is 0.338. The highest BCUT2D eigenvalue weighted by molar-refractivity contribution is 5.04. The van der Waals surface area contributed by atoms with E-state index in [9.17, 15) is 0 Å². The standard InChI is InChI=1S/C5H6O2/c1-5-3-2-4-6-7-5/h2-4H,1H3. The summed E-state index contributed by atoms with van der Waals surface area (Å²) in [6.07, 6.45) is 5.08. The topological polar surface area (TPSA) is 18.5 Å². The lowest BCUT2D eigenvalue weighted by molar-refractivity contribution is -0.213. The van der Waals surface area contributed by atoms with Crippen molar-refractivity contribution in [3.8, 4) is 0 Å². The van der Waals surface area contributed by atoms with Gasteiger partial charge in [0.15, 0.2) is 5.76 Å². The molecule has 2 heteroatoms. The Hall–Kier alpha value is -0.920. The summed E-state index contributed by atoms with van der Waals surface area (Å²) in [6.45, 7) is 1.82. The fourth-order valence-electron chi connectivity index (χ4n) is 0.338. The monoisotopic (exact) mass is 98.0 g/mol. The molecule has 1 rings (SSSR count). The van der Waals surface area contributed by atoms with Crippen molar-refractivity contribution >= 4 is 0 Å². The SMILES string of the molecule is CC1=CC=COO1.